The Bertz CT molecular complexity index is 922. The van der Waals surface area contributed by atoms with E-state index in [0.717, 1.165) is 0 Å². The van der Waals surface area contributed by atoms with Crippen molar-refractivity contribution >= 4 is 16.9 Å². The molecule has 3 aromatic rings. The number of benzene rings is 2. The highest BCUT2D eigenvalue weighted by Crippen LogP contribution is 2.28. The molecule has 0 unspecified atom stereocenters. The van der Waals surface area contributed by atoms with E-state index < -0.39 is 5.97 Å². The number of carbonyl (C=O) groups is 1. The summed E-state index contributed by atoms with van der Waals surface area (Å²) in [5, 5.41) is 23.6. The first kappa shape index (κ1) is 13.6. The lowest BCUT2D eigenvalue weighted by Crippen LogP contribution is -2.09. The molecule has 1 N–H and O–H groups in total. The van der Waals surface area contributed by atoms with Crippen molar-refractivity contribution in [2.24, 2.45) is 7.05 Å². The average molecular weight is 293 g/mol. The van der Waals surface area contributed by atoms with Crippen molar-refractivity contribution in [3.05, 3.63) is 53.7 Å². The summed E-state index contributed by atoms with van der Waals surface area (Å²) in [6, 6.07) is 11.2. The summed E-state index contributed by atoms with van der Waals surface area (Å²) in [5.41, 5.74) is 0.954. The number of para-hydroxylation sites is 1. The molecule has 3 rings (SSSR count). The fourth-order valence-corrected chi connectivity index (χ4v) is 2.16. The molecule has 0 saturated heterocycles. The number of phenolic OH excluding ortho intramolecular Hbond substituents is 1. The Morgan fingerprint density at radius 2 is 2.14 bits per heavy atom. The second-order valence-corrected chi connectivity index (χ2v) is 4.73. The highest BCUT2D eigenvalue weighted by atomic mass is 16.5. The van der Waals surface area contributed by atoms with Crippen LogP contribution in [0.5, 0.6) is 11.5 Å². The van der Waals surface area contributed by atoms with Gasteiger partial charge in [0.2, 0.25) is 0 Å². The molecule has 6 nitrogen and oxygen atoms in total. The van der Waals surface area contributed by atoms with E-state index in [1.54, 1.807) is 36.1 Å². The Labute approximate surface area is 125 Å². The van der Waals surface area contributed by atoms with E-state index in [1.165, 1.54) is 18.2 Å². The molecule has 22 heavy (non-hydrogen) atoms. The van der Waals surface area contributed by atoms with Gasteiger partial charge < -0.3 is 9.84 Å². The van der Waals surface area contributed by atoms with Gasteiger partial charge in [-0.2, -0.15) is 10.4 Å². The maximum absolute atomic E-state index is 12.2. The molecular weight excluding hydrogens is 282 g/mol. The Hall–Kier alpha value is -3.33. The van der Waals surface area contributed by atoms with Crippen LogP contribution in [0, 0.1) is 11.3 Å². The van der Waals surface area contributed by atoms with Crippen molar-refractivity contribution in [3.8, 4) is 17.6 Å². The highest BCUT2D eigenvalue weighted by molar-refractivity contribution is 5.96. The molecule has 1 heterocycles. The summed E-state index contributed by atoms with van der Waals surface area (Å²) in [5.74, 6) is -0.625. The first-order chi connectivity index (χ1) is 10.6. The molecular formula is C16H11N3O3. The van der Waals surface area contributed by atoms with E-state index in [1.807, 2.05) is 6.07 Å². The Morgan fingerprint density at radius 1 is 1.36 bits per heavy atom. The van der Waals surface area contributed by atoms with Gasteiger partial charge in [0.05, 0.1) is 22.5 Å². The molecule has 0 spiro atoms. The molecule has 6 heteroatoms. The van der Waals surface area contributed by atoms with E-state index in [9.17, 15) is 9.90 Å². The second-order valence-electron chi connectivity index (χ2n) is 4.73. The maximum atomic E-state index is 12.2. The van der Waals surface area contributed by atoms with Crippen molar-refractivity contribution in [1.29, 1.82) is 5.26 Å². The van der Waals surface area contributed by atoms with Crippen LogP contribution in [-0.2, 0) is 7.05 Å². The highest BCUT2D eigenvalue weighted by Gasteiger charge is 2.16. The van der Waals surface area contributed by atoms with Crippen LogP contribution >= 0.6 is 0 Å². The monoisotopic (exact) mass is 293 g/mol. The zero-order chi connectivity index (χ0) is 15.7. The van der Waals surface area contributed by atoms with Gasteiger partial charge in [0.15, 0.2) is 0 Å². The molecule has 0 atom stereocenters. The zero-order valence-electron chi connectivity index (χ0n) is 11.6. The molecule has 0 bridgehead atoms. The molecule has 2 aromatic carbocycles. The normalized spacial score (nSPS) is 10.4. The van der Waals surface area contributed by atoms with Crippen molar-refractivity contribution < 1.29 is 14.6 Å². The summed E-state index contributed by atoms with van der Waals surface area (Å²) in [6.07, 6.45) is 1.70. The maximum Gasteiger partial charge on any atom is 0.347 e. The molecule has 108 valence electrons. The van der Waals surface area contributed by atoms with Crippen LogP contribution < -0.4 is 4.74 Å². The molecule has 0 amide bonds. The summed E-state index contributed by atoms with van der Waals surface area (Å²) in [7, 11) is 1.74. The topological polar surface area (TPSA) is 88.1 Å². The number of ether oxygens (including phenoxy) is 1. The van der Waals surface area contributed by atoms with E-state index in [-0.39, 0.29) is 17.1 Å². The van der Waals surface area contributed by atoms with Gasteiger partial charge in [-0.15, -0.1) is 0 Å². The standard InChI is InChI=1S/C16H11N3O3/c1-19-9-12-13(18-19)6-10(8-17)7-15(12)22-16(21)11-4-2-3-5-14(11)20/h2-7,9,20H,1H3. The number of nitriles is 1. The predicted octanol–water partition coefficient (Wildman–Crippen LogP) is 2.37. The number of rotatable bonds is 2. The minimum Gasteiger partial charge on any atom is -0.507 e. The van der Waals surface area contributed by atoms with E-state index in [0.29, 0.717) is 16.5 Å². The zero-order valence-corrected chi connectivity index (χ0v) is 11.6. The fourth-order valence-electron chi connectivity index (χ4n) is 2.16. The first-order valence-corrected chi connectivity index (χ1v) is 6.46. The number of fused-ring (bicyclic) bond motifs is 1. The van der Waals surface area contributed by atoms with Gasteiger partial charge in [-0.3, -0.25) is 4.68 Å². The van der Waals surface area contributed by atoms with Gasteiger partial charge in [-0.05, 0) is 24.3 Å². The van der Waals surface area contributed by atoms with E-state index >= 15 is 0 Å². The minimum atomic E-state index is -0.696. The smallest absolute Gasteiger partial charge is 0.347 e. The van der Waals surface area contributed by atoms with Crippen LogP contribution in [0.4, 0.5) is 0 Å². The van der Waals surface area contributed by atoms with Crippen LogP contribution in [0.2, 0.25) is 0 Å². The van der Waals surface area contributed by atoms with Crippen LogP contribution in [0.1, 0.15) is 15.9 Å². The number of aryl methyl sites for hydroxylation is 1. The molecule has 0 aliphatic carbocycles. The number of esters is 1. The third-order valence-corrected chi connectivity index (χ3v) is 3.16. The number of phenols is 1. The van der Waals surface area contributed by atoms with Crippen LogP contribution in [0.3, 0.4) is 0 Å². The molecule has 0 fully saturated rings. The number of hydrogen-bond donors (Lipinski definition) is 1. The van der Waals surface area contributed by atoms with Crippen LogP contribution in [-0.4, -0.2) is 20.9 Å². The lowest BCUT2D eigenvalue weighted by molar-refractivity contribution is 0.0734. The van der Waals surface area contributed by atoms with Gasteiger partial charge >= 0.3 is 5.97 Å². The summed E-state index contributed by atoms with van der Waals surface area (Å²) in [4.78, 5) is 12.2. The third-order valence-electron chi connectivity index (χ3n) is 3.16. The Morgan fingerprint density at radius 3 is 2.86 bits per heavy atom. The average Bonchev–Trinajstić information content (AvgIpc) is 2.88. The number of aromatic hydroxyl groups is 1. The molecule has 0 saturated carbocycles. The number of carbonyl (C=O) groups excluding carboxylic acids is 1. The third kappa shape index (κ3) is 2.36. The van der Waals surface area contributed by atoms with Crippen LogP contribution in [0.15, 0.2) is 42.6 Å². The van der Waals surface area contributed by atoms with Gasteiger partial charge in [0.25, 0.3) is 0 Å². The number of aromatic nitrogens is 2. The second kappa shape index (κ2) is 5.22. The summed E-state index contributed by atoms with van der Waals surface area (Å²) >= 11 is 0. The first-order valence-electron chi connectivity index (χ1n) is 6.46. The lowest BCUT2D eigenvalue weighted by Gasteiger charge is -2.07. The summed E-state index contributed by atoms with van der Waals surface area (Å²) < 4.78 is 6.92. The minimum absolute atomic E-state index is 0.0573. The number of nitrogens with zero attached hydrogens (tertiary/aromatic N) is 3. The van der Waals surface area contributed by atoms with Gasteiger partial charge in [0, 0.05) is 13.2 Å². The largest absolute Gasteiger partial charge is 0.507 e. The van der Waals surface area contributed by atoms with Gasteiger partial charge in [0.1, 0.15) is 17.1 Å². The molecule has 0 radical (unpaired) electrons. The van der Waals surface area contributed by atoms with Gasteiger partial charge in [-0.25, -0.2) is 4.79 Å². The van der Waals surface area contributed by atoms with Crippen molar-refractivity contribution in [2.45, 2.75) is 0 Å². The SMILES string of the molecule is Cn1cc2c(OC(=O)c3ccccc3O)cc(C#N)cc2n1. The quantitative estimate of drug-likeness (QED) is 0.579. The van der Waals surface area contributed by atoms with Gasteiger partial charge in [-0.1, -0.05) is 12.1 Å². The lowest BCUT2D eigenvalue weighted by atomic mass is 10.1. The van der Waals surface area contributed by atoms with Crippen molar-refractivity contribution in [1.82, 2.24) is 9.78 Å². The van der Waals surface area contributed by atoms with Crippen LogP contribution in [0.25, 0.3) is 10.9 Å². The fraction of sp³-hybridized carbons (Fsp3) is 0.0625. The molecule has 0 aliphatic heterocycles. The van der Waals surface area contributed by atoms with Crippen molar-refractivity contribution in [3.63, 3.8) is 0 Å². The Kier molecular flexibility index (Phi) is 3.24. The predicted molar refractivity (Wildman–Crippen MR) is 78.5 cm³/mol. The van der Waals surface area contributed by atoms with E-state index in [2.05, 4.69) is 5.10 Å². The van der Waals surface area contributed by atoms with E-state index in [4.69, 9.17) is 10.00 Å². The number of hydrogen-bond acceptors (Lipinski definition) is 5. The van der Waals surface area contributed by atoms with Crippen molar-refractivity contribution in [2.75, 3.05) is 0 Å². The molecule has 1 aromatic heterocycles. The Balaban J connectivity index is 2.05. The molecule has 0 aliphatic rings. The summed E-state index contributed by atoms with van der Waals surface area (Å²) in [6.45, 7) is 0.